The van der Waals surface area contributed by atoms with Gasteiger partial charge in [0.1, 0.15) is 5.82 Å². The summed E-state index contributed by atoms with van der Waals surface area (Å²) in [4.78, 5) is 11.9. The molecule has 0 aliphatic carbocycles. The zero-order valence-electron chi connectivity index (χ0n) is 14.1. The number of rotatable bonds is 7. The molecule has 1 aromatic carbocycles. The van der Waals surface area contributed by atoms with Crippen molar-refractivity contribution in [2.24, 2.45) is 5.14 Å². The first-order valence-corrected chi connectivity index (χ1v) is 9.30. The predicted molar refractivity (Wildman–Crippen MR) is 94.6 cm³/mol. The Morgan fingerprint density at radius 1 is 1.12 bits per heavy atom. The summed E-state index contributed by atoms with van der Waals surface area (Å²) in [5.74, 6) is 0.297. The molecule has 0 saturated carbocycles. The molecule has 0 spiro atoms. The second kappa shape index (κ2) is 8.04. The highest BCUT2D eigenvalue weighted by molar-refractivity contribution is 7.89. The van der Waals surface area contributed by atoms with Crippen molar-refractivity contribution in [3.05, 3.63) is 47.7 Å². The summed E-state index contributed by atoms with van der Waals surface area (Å²) < 4.78 is 22.4. The molecule has 0 bridgehead atoms. The van der Waals surface area contributed by atoms with Crippen molar-refractivity contribution < 1.29 is 13.2 Å². The molecular formula is C16H21N5O3S. The molecular weight excluding hydrogens is 342 g/mol. The van der Waals surface area contributed by atoms with E-state index in [1.165, 1.54) is 12.1 Å². The normalized spacial score (nSPS) is 11.4. The molecule has 2 rings (SSSR count). The number of primary sulfonamides is 1. The summed E-state index contributed by atoms with van der Waals surface area (Å²) in [6, 6.07) is 9.71. The highest BCUT2D eigenvalue weighted by Gasteiger charge is 2.09. The Balaban J connectivity index is 1.86. The average Bonchev–Trinajstić information content (AvgIpc) is 2.54. The summed E-state index contributed by atoms with van der Waals surface area (Å²) in [5, 5.41) is 18.8. The first kappa shape index (κ1) is 18.8. The molecule has 134 valence electrons. The summed E-state index contributed by atoms with van der Waals surface area (Å²) in [6.45, 7) is 4.33. The van der Waals surface area contributed by atoms with Gasteiger partial charge in [-0.1, -0.05) is 12.1 Å². The van der Waals surface area contributed by atoms with Crippen LogP contribution in [0.5, 0.6) is 0 Å². The number of carbonyl (C=O) groups is 1. The van der Waals surface area contributed by atoms with E-state index in [1.807, 2.05) is 13.8 Å². The maximum atomic E-state index is 11.8. The molecule has 0 atom stereocenters. The summed E-state index contributed by atoms with van der Waals surface area (Å²) in [6.07, 6.45) is 0.669. The van der Waals surface area contributed by atoms with Gasteiger partial charge in [-0.15, -0.1) is 10.2 Å². The largest absolute Gasteiger partial charge is 0.368 e. The average molecular weight is 363 g/mol. The standard InChI is InChI=1S/C16H21N5O3S/c1-11(2)19-16(22)14-7-8-15(21-20-14)18-10-9-12-3-5-13(6-4-12)25(17,23)24/h3-8,11H,9-10H2,1-2H3,(H,18,21)(H,19,22)(H2,17,23,24). The number of hydrogen-bond acceptors (Lipinski definition) is 6. The third-order valence-corrected chi connectivity index (χ3v) is 4.22. The molecule has 9 heteroatoms. The monoisotopic (exact) mass is 363 g/mol. The fourth-order valence-electron chi connectivity index (χ4n) is 2.06. The highest BCUT2D eigenvalue weighted by atomic mass is 32.2. The van der Waals surface area contributed by atoms with Crippen molar-refractivity contribution >= 4 is 21.7 Å². The third kappa shape index (κ3) is 5.80. The van der Waals surface area contributed by atoms with E-state index >= 15 is 0 Å². The molecule has 2 aromatic rings. The van der Waals surface area contributed by atoms with Gasteiger partial charge in [0.05, 0.1) is 4.90 Å². The maximum absolute atomic E-state index is 11.8. The summed E-state index contributed by atoms with van der Waals surface area (Å²) in [7, 11) is -3.67. The Hall–Kier alpha value is -2.52. The summed E-state index contributed by atoms with van der Waals surface area (Å²) >= 11 is 0. The van der Waals surface area contributed by atoms with E-state index in [4.69, 9.17) is 5.14 Å². The smallest absolute Gasteiger partial charge is 0.271 e. The van der Waals surface area contributed by atoms with Crippen molar-refractivity contribution in [1.29, 1.82) is 0 Å². The number of aromatic nitrogens is 2. The second-order valence-electron chi connectivity index (χ2n) is 5.80. The van der Waals surface area contributed by atoms with Crippen LogP contribution in [0.3, 0.4) is 0 Å². The number of nitrogens with zero attached hydrogens (tertiary/aromatic N) is 2. The Bertz CT molecular complexity index is 818. The van der Waals surface area contributed by atoms with Gasteiger partial charge in [-0.3, -0.25) is 4.79 Å². The van der Waals surface area contributed by atoms with Crippen LogP contribution in [0.4, 0.5) is 5.82 Å². The minimum Gasteiger partial charge on any atom is -0.368 e. The number of benzene rings is 1. The van der Waals surface area contributed by atoms with Crippen molar-refractivity contribution in [3.8, 4) is 0 Å². The van der Waals surface area contributed by atoms with E-state index in [2.05, 4.69) is 20.8 Å². The number of nitrogens with one attached hydrogen (secondary N) is 2. The van der Waals surface area contributed by atoms with Gasteiger partial charge in [-0.25, -0.2) is 13.6 Å². The van der Waals surface area contributed by atoms with Gasteiger partial charge in [-0.05, 0) is 50.1 Å². The van der Waals surface area contributed by atoms with Crippen LogP contribution in [0.2, 0.25) is 0 Å². The van der Waals surface area contributed by atoms with Crippen LogP contribution >= 0.6 is 0 Å². The molecule has 1 aromatic heterocycles. The molecule has 4 N–H and O–H groups in total. The number of hydrogen-bond donors (Lipinski definition) is 3. The highest BCUT2D eigenvalue weighted by Crippen LogP contribution is 2.10. The fraction of sp³-hybridized carbons (Fsp3) is 0.312. The Labute approximate surface area is 146 Å². The number of carbonyl (C=O) groups excluding carboxylic acids is 1. The lowest BCUT2D eigenvalue weighted by molar-refractivity contribution is 0.0937. The zero-order chi connectivity index (χ0) is 18.4. The van der Waals surface area contributed by atoms with Crippen LogP contribution < -0.4 is 15.8 Å². The van der Waals surface area contributed by atoms with E-state index in [-0.39, 0.29) is 22.5 Å². The molecule has 25 heavy (non-hydrogen) atoms. The lowest BCUT2D eigenvalue weighted by Crippen LogP contribution is -2.30. The van der Waals surface area contributed by atoms with E-state index < -0.39 is 10.0 Å². The van der Waals surface area contributed by atoms with Gasteiger partial charge in [0, 0.05) is 12.6 Å². The SMILES string of the molecule is CC(C)NC(=O)c1ccc(NCCc2ccc(S(N)(=O)=O)cc2)nn1. The molecule has 0 aliphatic heterocycles. The van der Waals surface area contributed by atoms with E-state index in [9.17, 15) is 13.2 Å². The zero-order valence-corrected chi connectivity index (χ0v) is 14.9. The predicted octanol–water partition coefficient (Wildman–Crippen LogP) is 0.917. The molecule has 0 saturated heterocycles. The number of nitrogens with two attached hydrogens (primary N) is 1. The number of anilines is 1. The van der Waals surface area contributed by atoms with Gasteiger partial charge >= 0.3 is 0 Å². The molecule has 8 nitrogen and oxygen atoms in total. The van der Waals surface area contributed by atoms with Gasteiger partial charge in [0.15, 0.2) is 5.69 Å². The minimum absolute atomic E-state index is 0.0350. The molecule has 0 fully saturated rings. The first-order valence-electron chi connectivity index (χ1n) is 7.76. The van der Waals surface area contributed by atoms with Crippen LogP contribution in [0.15, 0.2) is 41.3 Å². The maximum Gasteiger partial charge on any atom is 0.271 e. The van der Waals surface area contributed by atoms with E-state index in [0.29, 0.717) is 18.8 Å². The quantitative estimate of drug-likeness (QED) is 0.671. The van der Waals surface area contributed by atoms with E-state index in [1.54, 1.807) is 24.3 Å². The van der Waals surface area contributed by atoms with E-state index in [0.717, 1.165) is 5.56 Å². The van der Waals surface area contributed by atoms with Crippen LogP contribution in [-0.4, -0.2) is 37.1 Å². The number of amides is 1. The van der Waals surface area contributed by atoms with Crippen molar-refractivity contribution in [3.63, 3.8) is 0 Å². The van der Waals surface area contributed by atoms with Crippen molar-refractivity contribution in [1.82, 2.24) is 15.5 Å². The minimum atomic E-state index is -3.67. The second-order valence-corrected chi connectivity index (χ2v) is 7.36. The Morgan fingerprint density at radius 2 is 1.80 bits per heavy atom. The van der Waals surface area contributed by atoms with Gasteiger partial charge in [0.2, 0.25) is 10.0 Å². The van der Waals surface area contributed by atoms with Crippen molar-refractivity contribution in [2.45, 2.75) is 31.2 Å². The Morgan fingerprint density at radius 3 is 2.32 bits per heavy atom. The molecule has 0 aliphatic rings. The molecule has 0 radical (unpaired) electrons. The molecule has 1 heterocycles. The lowest BCUT2D eigenvalue weighted by Gasteiger charge is -2.08. The summed E-state index contributed by atoms with van der Waals surface area (Å²) in [5.41, 5.74) is 1.22. The number of sulfonamides is 1. The Kier molecular flexibility index (Phi) is 6.05. The van der Waals surface area contributed by atoms with Crippen LogP contribution in [0, 0.1) is 0 Å². The van der Waals surface area contributed by atoms with Gasteiger partial charge < -0.3 is 10.6 Å². The lowest BCUT2D eigenvalue weighted by atomic mass is 10.1. The third-order valence-electron chi connectivity index (χ3n) is 3.29. The molecule has 1 amide bonds. The van der Waals surface area contributed by atoms with Crippen LogP contribution in [0.25, 0.3) is 0 Å². The van der Waals surface area contributed by atoms with Crippen LogP contribution in [-0.2, 0) is 16.4 Å². The van der Waals surface area contributed by atoms with Gasteiger partial charge in [0.25, 0.3) is 5.91 Å². The fourth-order valence-corrected chi connectivity index (χ4v) is 2.58. The van der Waals surface area contributed by atoms with Crippen molar-refractivity contribution in [2.75, 3.05) is 11.9 Å². The van der Waals surface area contributed by atoms with Gasteiger partial charge in [-0.2, -0.15) is 0 Å². The molecule has 0 unspecified atom stereocenters. The first-order chi connectivity index (χ1) is 11.8. The van der Waals surface area contributed by atoms with Crippen LogP contribution in [0.1, 0.15) is 29.9 Å². The topological polar surface area (TPSA) is 127 Å².